The summed E-state index contributed by atoms with van der Waals surface area (Å²) >= 11 is 0. The second-order valence-corrected chi connectivity index (χ2v) is 6.42. The van der Waals surface area contributed by atoms with Crippen molar-refractivity contribution < 1.29 is 13.2 Å². The van der Waals surface area contributed by atoms with Crippen LogP contribution in [-0.4, -0.2) is 19.5 Å². The number of para-hydroxylation sites is 2. The van der Waals surface area contributed by atoms with E-state index in [-0.39, 0.29) is 11.6 Å². The van der Waals surface area contributed by atoms with E-state index in [0.29, 0.717) is 16.6 Å². The largest absolute Gasteiger partial charge is 0.383 e. The topological polar surface area (TPSA) is 69.6 Å². The number of aromatic nitrogens is 4. The smallest absolute Gasteiger partial charge is 0.186 e. The van der Waals surface area contributed by atoms with Crippen molar-refractivity contribution in [2.45, 2.75) is 0 Å². The molecule has 2 N–H and O–H groups in total. The number of rotatable bonds is 2. The van der Waals surface area contributed by atoms with Gasteiger partial charge in [0.2, 0.25) is 0 Å². The molecule has 0 radical (unpaired) electrons. The van der Waals surface area contributed by atoms with Crippen LogP contribution in [0.2, 0.25) is 0 Å². The summed E-state index contributed by atoms with van der Waals surface area (Å²) in [5.41, 5.74) is 6.35. The van der Waals surface area contributed by atoms with E-state index in [4.69, 9.17) is 5.73 Å². The van der Waals surface area contributed by atoms with Crippen LogP contribution in [0.15, 0.2) is 60.9 Å². The summed E-state index contributed by atoms with van der Waals surface area (Å²) in [4.78, 5) is 12.3. The van der Waals surface area contributed by atoms with Crippen molar-refractivity contribution in [2.75, 3.05) is 5.73 Å². The zero-order valence-corrected chi connectivity index (χ0v) is 14.8. The first kappa shape index (κ1) is 17.2. The Morgan fingerprint density at radius 3 is 2.31 bits per heavy atom. The van der Waals surface area contributed by atoms with E-state index in [1.807, 2.05) is 0 Å². The molecule has 2 heterocycles. The Morgan fingerprint density at radius 2 is 1.52 bits per heavy atom. The molecular weight excluding hydrogens is 379 g/mol. The molecular formula is C21H12F3N5. The molecule has 0 aliphatic carbocycles. The fraction of sp³-hybridized carbons (Fsp3) is 0. The first-order valence-corrected chi connectivity index (χ1v) is 8.68. The lowest BCUT2D eigenvalue weighted by Gasteiger charge is -2.13. The molecule has 0 fully saturated rings. The summed E-state index contributed by atoms with van der Waals surface area (Å²) in [5.74, 6) is -3.98. The normalized spacial score (nSPS) is 11.4. The molecule has 0 aliphatic heterocycles. The van der Waals surface area contributed by atoms with Crippen molar-refractivity contribution in [3.8, 4) is 17.1 Å². The monoisotopic (exact) mass is 391 g/mol. The van der Waals surface area contributed by atoms with Gasteiger partial charge >= 0.3 is 0 Å². The van der Waals surface area contributed by atoms with Crippen LogP contribution in [0.5, 0.6) is 0 Å². The molecule has 5 rings (SSSR count). The summed E-state index contributed by atoms with van der Waals surface area (Å²) in [6, 6.07) is 15.5. The molecule has 0 aliphatic rings. The standard InChI is InChI=1S/C21H12F3N5/c22-15-14-18(27-21(28-20(14)25)11-6-2-1-3-7-11)17(24)19(16(15)23)29-10-26-12-8-4-5-9-13(12)29/h1-10H,(H2,25,27,28). The van der Waals surface area contributed by atoms with Gasteiger partial charge in [0.1, 0.15) is 23.3 Å². The number of hydrogen-bond donors (Lipinski definition) is 1. The molecule has 8 heteroatoms. The zero-order valence-electron chi connectivity index (χ0n) is 14.8. The molecule has 0 spiro atoms. The quantitative estimate of drug-likeness (QED) is 0.445. The number of hydrogen-bond acceptors (Lipinski definition) is 4. The van der Waals surface area contributed by atoms with Crippen LogP contribution >= 0.6 is 0 Å². The lowest BCUT2D eigenvalue weighted by atomic mass is 10.1. The van der Waals surface area contributed by atoms with Crippen LogP contribution in [0.4, 0.5) is 19.0 Å². The fourth-order valence-corrected chi connectivity index (χ4v) is 3.34. The van der Waals surface area contributed by atoms with Crippen molar-refractivity contribution in [2.24, 2.45) is 0 Å². The van der Waals surface area contributed by atoms with Gasteiger partial charge in [0, 0.05) is 5.56 Å². The maximum Gasteiger partial charge on any atom is 0.186 e. The Labute approximate surface area is 162 Å². The summed E-state index contributed by atoms with van der Waals surface area (Å²) in [6.07, 6.45) is 1.24. The maximum absolute atomic E-state index is 15.5. The van der Waals surface area contributed by atoms with E-state index in [1.54, 1.807) is 54.6 Å². The van der Waals surface area contributed by atoms with Gasteiger partial charge in [-0.05, 0) is 12.1 Å². The van der Waals surface area contributed by atoms with E-state index in [9.17, 15) is 8.78 Å². The van der Waals surface area contributed by atoms with Gasteiger partial charge in [-0.1, -0.05) is 42.5 Å². The number of nitrogens with two attached hydrogens (primary N) is 1. The van der Waals surface area contributed by atoms with Crippen LogP contribution in [0, 0.1) is 17.5 Å². The molecule has 142 valence electrons. The number of nitrogens with zero attached hydrogens (tertiary/aromatic N) is 4. The van der Waals surface area contributed by atoms with Crippen molar-refractivity contribution in [3.63, 3.8) is 0 Å². The molecule has 0 saturated carbocycles. The highest BCUT2D eigenvalue weighted by Gasteiger charge is 2.26. The predicted molar refractivity (Wildman–Crippen MR) is 104 cm³/mol. The van der Waals surface area contributed by atoms with E-state index < -0.39 is 34.0 Å². The van der Waals surface area contributed by atoms with E-state index >= 15 is 4.39 Å². The van der Waals surface area contributed by atoms with Crippen LogP contribution in [0.3, 0.4) is 0 Å². The van der Waals surface area contributed by atoms with Crippen LogP contribution in [0.1, 0.15) is 0 Å². The summed E-state index contributed by atoms with van der Waals surface area (Å²) < 4.78 is 46.4. The van der Waals surface area contributed by atoms with Gasteiger partial charge in [0.25, 0.3) is 0 Å². The van der Waals surface area contributed by atoms with E-state index in [2.05, 4.69) is 15.0 Å². The summed E-state index contributed by atoms with van der Waals surface area (Å²) in [5, 5.41) is -0.493. The number of halogens is 3. The Hall–Kier alpha value is -3.94. The molecule has 0 amide bonds. The van der Waals surface area contributed by atoms with Gasteiger partial charge in [-0.3, -0.25) is 4.57 Å². The van der Waals surface area contributed by atoms with Crippen LogP contribution < -0.4 is 5.73 Å². The van der Waals surface area contributed by atoms with E-state index in [0.717, 1.165) is 4.57 Å². The first-order valence-electron chi connectivity index (χ1n) is 8.68. The SMILES string of the molecule is Nc1nc(-c2ccccc2)nc2c(F)c(-n3cnc4ccccc43)c(F)c(F)c12. The van der Waals surface area contributed by atoms with Gasteiger partial charge in [-0.25, -0.2) is 28.1 Å². The lowest BCUT2D eigenvalue weighted by molar-refractivity contribution is 0.499. The van der Waals surface area contributed by atoms with Gasteiger partial charge in [0.15, 0.2) is 23.3 Å². The number of nitrogen functional groups attached to an aromatic ring is 1. The third-order valence-corrected chi connectivity index (χ3v) is 4.70. The minimum absolute atomic E-state index is 0.113. The molecule has 5 aromatic rings. The van der Waals surface area contributed by atoms with Gasteiger partial charge < -0.3 is 5.73 Å². The second-order valence-electron chi connectivity index (χ2n) is 6.42. The van der Waals surface area contributed by atoms with Crippen LogP contribution in [-0.2, 0) is 0 Å². The zero-order chi connectivity index (χ0) is 20.1. The highest BCUT2D eigenvalue weighted by atomic mass is 19.2. The van der Waals surface area contributed by atoms with Gasteiger partial charge in [-0.15, -0.1) is 0 Å². The highest BCUT2D eigenvalue weighted by molar-refractivity contribution is 5.93. The summed E-state index contributed by atoms with van der Waals surface area (Å²) in [6.45, 7) is 0. The van der Waals surface area contributed by atoms with Crippen LogP contribution in [0.25, 0.3) is 39.0 Å². The Kier molecular flexibility index (Phi) is 3.73. The van der Waals surface area contributed by atoms with E-state index in [1.165, 1.54) is 6.33 Å². The second kappa shape index (κ2) is 6.30. The third-order valence-electron chi connectivity index (χ3n) is 4.70. The Morgan fingerprint density at radius 1 is 0.793 bits per heavy atom. The van der Waals surface area contributed by atoms with Crippen molar-refractivity contribution >= 4 is 27.8 Å². The highest BCUT2D eigenvalue weighted by Crippen LogP contribution is 2.34. The molecule has 0 saturated heterocycles. The number of benzene rings is 3. The average Bonchev–Trinajstić information content (AvgIpc) is 3.16. The Bertz CT molecular complexity index is 1400. The molecule has 29 heavy (non-hydrogen) atoms. The average molecular weight is 391 g/mol. The first-order chi connectivity index (χ1) is 14.1. The number of anilines is 1. The Balaban J connectivity index is 1.87. The number of fused-ring (bicyclic) bond motifs is 2. The van der Waals surface area contributed by atoms with Gasteiger partial charge in [-0.2, -0.15) is 0 Å². The minimum Gasteiger partial charge on any atom is -0.383 e. The predicted octanol–water partition coefficient (Wildman–Crippen LogP) is 4.64. The molecule has 0 bridgehead atoms. The van der Waals surface area contributed by atoms with Crippen molar-refractivity contribution in [1.29, 1.82) is 0 Å². The molecule has 0 unspecified atom stereocenters. The molecule has 3 aromatic carbocycles. The molecule has 0 atom stereocenters. The molecule has 5 nitrogen and oxygen atoms in total. The third kappa shape index (κ3) is 2.53. The fourth-order valence-electron chi connectivity index (χ4n) is 3.34. The van der Waals surface area contributed by atoms with Gasteiger partial charge in [0.05, 0.1) is 16.4 Å². The molecule has 2 aromatic heterocycles. The van der Waals surface area contributed by atoms with Crippen molar-refractivity contribution in [1.82, 2.24) is 19.5 Å². The minimum atomic E-state index is -1.39. The van der Waals surface area contributed by atoms with Crippen molar-refractivity contribution in [3.05, 3.63) is 78.4 Å². The maximum atomic E-state index is 15.5. The number of imidazole rings is 1. The summed E-state index contributed by atoms with van der Waals surface area (Å²) in [7, 11) is 0. The lowest BCUT2D eigenvalue weighted by Crippen LogP contribution is -2.08.